The van der Waals surface area contributed by atoms with Gasteiger partial charge in [0.2, 0.25) is 15.0 Å². The molecule has 0 radical (unpaired) electrons. The molecule has 2 aliphatic heterocycles. The van der Waals surface area contributed by atoms with Gasteiger partial charge in [-0.25, -0.2) is 13.4 Å². The normalized spacial score (nSPS) is 20.9. The Balaban J connectivity index is 1.71. The second-order valence-electron chi connectivity index (χ2n) is 6.41. The van der Waals surface area contributed by atoms with Gasteiger partial charge in [-0.2, -0.15) is 0 Å². The second kappa shape index (κ2) is 6.68. The molecule has 2 aliphatic rings. The highest BCUT2D eigenvalue weighted by atomic mass is 35.5. The molecular formula is C17H18ClN3O4S. The minimum atomic E-state index is -3.47. The Hall–Kier alpha value is -1.90. The van der Waals surface area contributed by atoms with Crippen LogP contribution in [-0.2, 0) is 21.1 Å². The number of benzene rings is 1. The van der Waals surface area contributed by atoms with E-state index in [0.717, 1.165) is 12.8 Å². The number of fused-ring (bicyclic) bond motifs is 1. The number of carbonyl (C=O) groups is 1. The van der Waals surface area contributed by atoms with Gasteiger partial charge >= 0.3 is 0 Å². The van der Waals surface area contributed by atoms with Crippen molar-refractivity contribution in [1.82, 2.24) is 14.9 Å². The third-order valence-electron chi connectivity index (χ3n) is 4.64. The van der Waals surface area contributed by atoms with Crippen LogP contribution in [0.5, 0.6) is 0 Å². The molecule has 3 heterocycles. The van der Waals surface area contributed by atoms with Crippen LogP contribution in [0, 0.1) is 0 Å². The van der Waals surface area contributed by atoms with Gasteiger partial charge in [-0.05, 0) is 25.0 Å². The van der Waals surface area contributed by atoms with Crippen LogP contribution < -0.4 is 5.32 Å². The number of nitrogens with zero attached hydrogens (tertiary/aromatic N) is 2. The predicted molar refractivity (Wildman–Crippen MR) is 96.0 cm³/mol. The standard InChI is InChI=1S/C17H18ClN3O4S/c18-12-5-3-11(4-6-12)14-15(16(22)19-10-13-2-1-8-25-13)21-7-9-26(23,24)17(21)20-14/h3-6,13H,1-2,7-10H2,(H,19,22)/t13-/m0/s1. The number of hydrogen-bond acceptors (Lipinski definition) is 5. The molecule has 9 heteroatoms. The molecule has 1 aromatic heterocycles. The van der Waals surface area contributed by atoms with Crippen molar-refractivity contribution in [2.75, 3.05) is 18.9 Å². The summed E-state index contributed by atoms with van der Waals surface area (Å²) in [6, 6.07) is 6.82. The third-order valence-corrected chi connectivity index (χ3v) is 6.48. The number of aromatic nitrogens is 2. The molecule has 7 nitrogen and oxygen atoms in total. The Kier molecular flexibility index (Phi) is 4.50. The van der Waals surface area contributed by atoms with Crippen LogP contribution >= 0.6 is 11.6 Å². The third kappa shape index (κ3) is 3.13. The summed E-state index contributed by atoms with van der Waals surface area (Å²) in [4.78, 5) is 17.1. The molecule has 1 saturated heterocycles. The van der Waals surface area contributed by atoms with Crippen LogP contribution in [0.3, 0.4) is 0 Å². The summed E-state index contributed by atoms with van der Waals surface area (Å²) < 4.78 is 31.5. The van der Waals surface area contributed by atoms with Crippen LogP contribution in [-0.4, -0.2) is 48.9 Å². The van der Waals surface area contributed by atoms with E-state index in [1.165, 1.54) is 4.57 Å². The highest BCUT2D eigenvalue weighted by molar-refractivity contribution is 7.91. The summed E-state index contributed by atoms with van der Waals surface area (Å²) >= 11 is 5.93. The molecule has 4 rings (SSSR count). The number of rotatable bonds is 4. The fourth-order valence-electron chi connectivity index (χ4n) is 3.31. The lowest BCUT2D eigenvalue weighted by Crippen LogP contribution is -2.33. The molecular weight excluding hydrogens is 378 g/mol. The number of sulfone groups is 1. The van der Waals surface area contributed by atoms with Crippen molar-refractivity contribution in [2.24, 2.45) is 0 Å². The van der Waals surface area contributed by atoms with Gasteiger partial charge in [0.1, 0.15) is 11.4 Å². The molecule has 1 N–H and O–H groups in total. The summed E-state index contributed by atoms with van der Waals surface area (Å²) in [5, 5.41) is 3.36. The molecule has 0 saturated carbocycles. The van der Waals surface area contributed by atoms with Crippen molar-refractivity contribution in [1.29, 1.82) is 0 Å². The minimum Gasteiger partial charge on any atom is -0.376 e. The Labute approximate surface area is 156 Å². The Bertz CT molecular complexity index is 947. The molecule has 138 valence electrons. The largest absolute Gasteiger partial charge is 0.376 e. The maximum atomic E-state index is 12.8. The molecule has 1 aromatic carbocycles. The summed E-state index contributed by atoms with van der Waals surface area (Å²) in [7, 11) is -3.47. The van der Waals surface area contributed by atoms with Crippen molar-refractivity contribution in [3.63, 3.8) is 0 Å². The first-order valence-electron chi connectivity index (χ1n) is 8.45. The molecule has 1 amide bonds. The van der Waals surface area contributed by atoms with Gasteiger partial charge in [0.05, 0.1) is 11.9 Å². The van der Waals surface area contributed by atoms with Crippen LogP contribution in [0.1, 0.15) is 23.3 Å². The van der Waals surface area contributed by atoms with Gasteiger partial charge in [0.15, 0.2) is 0 Å². The topological polar surface area (TPSA) is 90.3 Å². The lowest BCUT2D eigenvalue weighted by Gasteiger charge is -2.12. The van der Waals surface area contributed by atoms with Crippen LogP contribution in [0.4, 0.5) is 0 Å². The second-order valence-corrected chi connectivity index (χ2v) is 8.85. The summed E-state index contributed by atoms with van der Waals surface area (Å²) in [5.41, 5.74) is 1.26. The molecule has 1 fully saturated rings. The van der Waals surface area contributed by atoms with E-state index >= 15 is 0 Å². The van der Waals surface area contributed by atoms with Gasteiger partial charge in [0, 0.05) is 30.3 Å². The van der Waals surface area contributed by atoms with Crippen molar-refractivity contribution in [2.45, 2.75) is 30.6 Å². The number of amides is 1. The van der Waals surface area contributed by atoms with E-state index in [1.807, 2.05) is 0 Å². The maximum absolute atomic E-state index is 12.8. The number of halogens is 1. The summed E-state index contributed by atoms with van der Waals surface area (Å²) in [5.74, 6) is -0.385. The Morgan fingerprint density at radius 3 is 2.81 bits per heavy atom. The fraction of sp³-hybridized carbons (Fsp3) is 0.412. The zero-order valence-electron chi connectivity index (χ0n) is 13.9. The number of ether oxygens (including phenoxy) is 1. The quantitative estimate of drug-likeness (QED) is 0.853. The average Bonchev–Trinajstić information content (AvgIpc) is 3.31. The van der Waals surface area contributed by atoms with Crippen molar-refractivity contribution in [3.05, 3.63) is 35.0 Å². The van der Waals surface area contributed by atoms with E-state index in [9.17, 15) is 13.2 Å². The molecule has 0 unspecified atom stereocenters. The number of carbonyl (C=O) groups excluding carboxylic acids is 1. The van der Waals surface area contributed by atoms with Crippen molar-refractivity contribution < 1.29 is 17.9 Å². The molecule has 0 spiro atoms. The zero-order chi connectivity index (χ0) is 18.3. The molecule has 1 atom stereocenters. The summed E-state index contributed by atoms with van der Waals surface area (Å²) in [6.07, 6.45) is 1.89. The fourth-order valence-corrected chi connectivity index (χ4v) is 4.80. The first-order chi connectivity index (χ1) is 12.5. The van der Waals surface area contributed by atoms with Crippen LogP contribution in [0.15, 0.2) is 29.4 Å². The molecule has 0 bridgehead atoms. The van der Waals surface area contributed by atoms with Gasteiger partial charge in [0.25, 0.3) is 5.91 Å². The van der Waals surface area contributed by atoms with E-state index in [2.05, 4.69) is 10.3 Å². The monoisotopic (exact) mass is 395 g/mol. The highest BCUT2D eigenvalue weighted by Crippen LogP contribution is 2.31. The van der Waals surface area contributed by atoms with Gasteiger partial charge < -0.3 is 14.6 Å². The number of nitrogens with one attached hydrogen (secondary N) is 1. The minimum absolute atomic E-state index is 0.00244. The van der Waals surface area contributed by atoms with Gasteiger partial charge in [-0.3, -0.25) is 4.79 Å². The van der Waals surface area contributed by atoms with Gasteiger partial charge in [-0.1, -0.05) is 23.7 Å². The Morgan fingerprint density at radius 2 is 2.12 bits per heavy atom. The number of hydrogen-bond donors (Lipinski definition) is 1. The molecule has 2 aromatic rings. The lowest BCUT2D eigenvalue weighted by molar-refractivity contribution is 0.0850. The van der Waals surface area contributed by atoms with E-state index in [-0.39, 0.29) is 35.2 Å². The first kappa shape index (κ1) is 17.5. The predicted octanol–water partition coefficient (Wildman–Crippen LogP) is 1.90. The SMILES string of the molecule is O=C(NC[C@@H]1CCCO1)c1c(-c2ccc(Cl)cc2)nc2n1CCS2(=O)=O. The van der Waals surface area contributed by atoms with Crippen LogP contribution in [0.2, 0.25) is 5.02 Å². The van der Waals surface area contributed by atoms with E-state index in [1.54, 1.807) is 24.3 Å². The molecule has 0 aliphatic carbocycles. The maximum Gasteiger partial charge on any atom is 0.270 e. The van der Waals surface area contributed by atoms with E-state index in [0.29, 0.717) is 29.4 Å². The van der Waals surface area contributed by atoms with Gasteiger partial charge in [-0.15, -0.1) is 0 Å². The highest BCUT2D eigenvalue weighted by Gasteiger charge is 2.35. The zero-order valence-corrected chi connectivity index (χ0v) is 15.5. The number of imidazole rings is 1. The van der Waals surface area contributed by atoms with Crippen molar-refractivity contribution >= 4 is 27.3 Å². The van der Waals surface area contributed by atoms with Crippen LogP contribution in [0.25, 0.3) is 11.3 Å². The van der Waals surface area contributed by atoms with E-state index < -0.39 is 9.84 Å². The lowest BCUT2D eigenvalue weighted by atomic mass is 10.1. The molecule has 26 heavy (non-hydrogen) atoms. The smallest absolute Gasteiger partial charge is 0.270 e. The Morgan fingerprint density at radius 1 is 1.35 bits per heavy atom. The van der Waals surface area contributed by atoms with E-state index in [4.69, 9.17) is 16.3 Å². The first-order valence-corrected chi connectivity index (χ1v) is 10.5. The average molecular weight is 396 g/mol. The van der Waals surface area contributed by atoms with Crippen molar-refractivity contribution in [3.8, 4) is 11.3 Å². The summed E-state index contributed by atoms with van der Waals surface area (Å²) in [6.45, 7) is 1.32.